The fourth-order valence-corrected chi connectivity index (χ4v) is 4.07. The maximum atomic E-state index is 13.1. The number of nitrogens with one attached hydrogen (secondary N) is 1. The van der Waals surface area contributed by atoms with Crippen LogP contribution in [0.25, 0.3) is 10.9 Å². The molecule has 6 nitrogen and oxygen atoms in total. The number of hydrogen-bond donors (Lipinski definition) is 1. The van der Waals surface area contributed by atoms with Crippen molar-refractivity contribution in [3.63, 3.8) is 0 Å². The number of fused-ring (bicyclic) bond motifs is 1. The maximum absolute atomic E-state index is 13.1. The lowest BCUT2D eigenvalue weighted by molar-refractivity contribution is -0.121. The highest BCUT2D eigenvalue weighted by Gasteiger charge is 2.29. The van der Waals surface area contributed by atoms with Gasteiger partial charge in [0.25, 0.3) is 5.91 Å². The van der Waals surface area contributed by atoms with Gasteiger partial charge in [0, 0.05) is 40.1 Å². The molecule has 0 unspecified atom stereocenters. The van der Waals surface area contributed by atoms with Crippen LogP contribution in [-0.4, -0.2) is 39.8 Å². The summed E-state index contributed by atoms with van der Waals surface area (Å²) in [4.78, 5) is 36.1. The first-order valence-electron chi connectivity index (χ1n) is 9.69. The second-order valence-corrected chi connectivity index (χ2v) is 8.73. The number of aromatic nitrogens is 2. The maximum Gasteiger partial charge on any atom is 0.255 e. The van der Waals surface area contributed by atoms with Crippen molar-refractivity contribution in [3.8, 4) is 0 Å². The van der Waals surface area contributed by atoms with Crippen LogP contribution in [0.4, 0.5) is 5.82 Å². The Kier molecular flexibility index (Phi) is 6.01. The topological polar surface area (TPSA) is 75.2 Å². The van der Waals surface area contributed by atoms with E-state index in [1.165, 1.54) is 0 Å². The van der Waals surface area contributed by atoms with Gasteiger partial charge in [0.05, 0.1) is 16.8 Å². The van der Waals surface area contributed by atoms with E-state index in [0.29, 0.717) is 48.0 Å². The number of nitrogens with zero attached hydrogens (tertiary/aromatic N) is 3. The molecule has 1 aromatic carbocycles. The summed E-state index contributed by atoms with van der Waals surface area (Å²) in [6.07, 6.45) is 2.87. The molecule has 0 bridgehead atoms. The van der Waals surface area contributed by atoms with Gasteiger partial charge in [-0.2, -0.15) is 0 Å². The molecule has 8 heteroatoms. The molecular weight excluding hydrogens is 468 g/mol. The minimum absolute atomic E-state index is 0.0599. The third kappa shape index (κ3) is 4.47. The van der Waals surface area contributed by atoms with Crippen LogP contribution in [0.1, 0.15) is 28.9 Å². The van der Waals surface area contributed by atoms with Gasteiger partial charge in [-0.3, -0.25) is 14.6 Å². The molecule has 154 valence electrons. The van der Waals surface area contributed by atoms with E-state index in [9.17, 15) is 9.59 Å². The second-order valence-electron chi connectivity index (χ2n) is 7.38. The molecule has 0 aliphatic carbocycles. The average Bonchev–Trinajstić information content (AvgIpc) is 2.75. The van der Waals surface area contributed by atoms with Crippen molar-refractivity contribution in [2.24, 2.45) is 5.92 Å². The highest BCUT2D eigenvalue weighted by molar-refractivity contribution is 9.10. The molecule has 0 atom stereocenters. The van der Waals surface area contributed by atoms with Crippen LogP contribution in [0.3, 0.4) is 0 Å². The predicted molar refractivity (Wildman–Crippen MR) is 121 cm³/mol. The zero-order valence-electron chi connectivity index (χ0n) is 16.4. The van der Waals surface area contributed by atoms with Crippen molar-refractivity contribution < 1.29 is 9.59 Å². The smallest absolute Gasteiger partial charge is 0.255 e. The molecule has 1 N–H and O–H groups in total. The third-order valence-corrected chi connectivity index (χ3v) is 6.03. The Morgan fingerprint density at radius 1 is 1.17 bits per heavy atom. The lowest BCUT2D eigenvalue weighted by Crippen LogP contribution is -2.41. The minimum atomic E-state index is -0.144. The van der Waals surface area contributed by atoms with E-state index in [2.05, 4.69) is 31.2 Å². The van der Waals surface area contributed by atoms with Crippen molar-refractivity contribution in [2.45, 2.75) is 19.8 Å². The molecule has 1 aliphatic rings. The first-order chi connectivity index (χ1) is 14.4. The van der Waals surface area contributed by atoms with Crippen molar-refractivity contribution in [1.29, 1.82) is 0 Å². The number of amides is 2. The Bertz CT molecular complexity index is 1110. The summed E-state index contributed by atoms with van der Waals surface area (Å²) in [6.45, 7) is 2.89. The van der Waals surface area contributed by atoms with Crippen LogP contribution in [0, 0.1) is 12.8 Å². The van der Waals surface area contributed by atoms with Gasteiger partial charge in [-0.05, 0) is 72.1 Å². The molecule has 0 radical (unpaired) electrons. The SMILES string of the molecule is Cc1nc2ccc(Cl)cc2cc1C(=O)N1CCC(C(=O)Nc2ccc(Br)cn2)CC1. The van der Waals surface area contributed by atoms with Crippen molar-refractivity contribution in [3.05, 3.63) is 63.3 Å². The lowest BCUT2D eigenvalue weighted by Gasteiger charge is -2.31. The van der Waals surface area contributed by atoms with Crippen LogP contribution < -0.4 is 5.32 Å². The Labute approximate surface area is 187 Å². The van der Waals surface area contributed by atoms with E-state index in [-0.39, 0.29) is 17.7 Å². The van der Waals surface area contributed by atoms with Crippen LogP contribution >= 0.6 is 27.5 Å². The number of aryl methyl sites for hydroxylation is 1. The molecule has 3 heterocycles. The predicted octanol–water partition coefficient (Wildman–Crippen LogP) is 4.85. The van der Waals surface area contributed by atoms with E-state index < -0.39 is 0 Å². The molecule has 2 aromatic heterocycles. The van der Waals surface area contributed by atoms with Gasteiger partial charge in [0.1, 0.15) is 5.82 Å². The molecule has 0 spiro atoms. The molecule has 4 rings (SSSR count). The third-order valence-electron chi connectivity index (χ3n) is 5.33. The highest BCUT2D eigenvalue weighted by Crippen LogP contribution is 2.24. The normalized spacial score (nSPS) is 14.7. The number of anilines is 1. The largest absolute Gasteiger partial charge is 0.339 e. The fraction of sp³-hybridized carbons (Fsp3) is 0.273. The molecule has 2 amide bonds. The van der Waals surface area contributed by atoms with Crippen LogP contribution in [-0.2, 0) is 4.79 Å². The van der Waals surface area contributed by atoms with E-state index in [4.69, 9.17) is 11.6 Å². The molecule has 1 fully saturated rings. The van der Waals surface area contributed by atoms with Crippen molar-refractivity contribution in [2.75, 3.05) is 18.4 Å². The summed E-state index contributed by atoms with van der Waals surface area (Å²) in [5.41, 5.74) is 2.08. The quantitative estimate of drug-likeness (QED) is 0.573. The number of carbonyl (C=O) groups excluding carboxylic acids is 2. The number of likely N-dealkylation sites (tertiary alicyclic amines) is 1. The number of rotatable bonds is 3. The number of hydrogen-bond acceptors (Lipinski definition) is 4. The van der Waals surface area contributed by atoms with Gasteiger partial charge < -0.3 is 10.2 Å². The summed E-state index contributed by atoms with van der Waals surface area (Å²) >= 11 is 9.41. The molecule has 1 saturated heterocycles. The van der Waals surface area contributed by atoms with Crippen molar-refractivity contribution in [1.82, 2.24) is 14.9 Å². The Morgan fingerprint density at radius 3 is 2.63 bits per heavy atom. The number of halogens is 2. The molecule has 0 saturated carbocycles. The van der Waals surface area contributed by atoms with Crippen LogP contribution in [0.2, 0.25) is 5.02 Å². The van der Waals surface area contributed by atoms with Crippen LogP contribution in [0.5, 0.6) is 0 Å². The number of piperidine rings is 1. The van der Waals surface area contributed by atoms with Crippen LogP contribution in [0.15, 0.2) is 47.1 Å². The van der Waals surface area contributed by atoms with Gasteiger partial charge in [0.2, 0.25) is 5.91 Å². The summed E-state index contributed by atoms with van der Waals surface area (Å²) in [5.74, 6) is 0.262. The fourth-order valence-electron chi connectivity index (χ4n) is 3.65. The minimum Gasteiger partial charge on any atom is -0.339 e. The number of benzene rings is 1. The van der Waals surface area contributed by atoms with Gasteiger partial charge >= 0.3 is 0 Å². The van der Waals surface area contributed by atoms with Gasteiger partial charge in [-0.25, -0.2) is 4.98 Å². The van der Waals surface area contributed by atoms with E-state index in [0.717, 1.165) is 15.4 Å². The molecular formula is C22H20BrClN4O2. The van der Waals surface area contributed by atoms with Crippen molar-refractivity contribution >= 4 is 56.1 Å². The molecule has 3 aromatic rings. The average molecular weight is 488 g/mol. The first-order valence-corrected chi connectivity index (χ1v) is 10.9. The monoisotopic (exact) mass is 486 g/mol. The van der Waals surface area contributed by atoms with Gasteiger partial charge in [-0.1, -0.05) is 11.6 Å². The van der Waals surface area contributed by atoms with E-state index in [1.54, 1.807) is 23.2 Å². The zero-order chi connectivity index (χ0) is 21.3. The summed E-state index contributed by atoms with van der Waals surface area (Å²) in [6, 6.07) is 10.9. The Hall–Kier alpha value is -2.51. The number of pyridine rings is 2. The number of carbonyl (C=O) groups is 2. The van der Waals surface area contributed by atoms with E-state index in [1.807, 2.05) is 31.2 Å². The van der Waals surface area contributed by atoms with Gasteiger partial charge in [-0.15, -0.1) is 0 Å². The van der Waals surface area contributed by atoms with E-state index >= 15 is 0 Å². The second kappa shape index (κ2) is 8.70. The Morgan fingerprint density at radius 2 is 1.93 bits per heavy atom. The Balaban J connectivity index is 1.41. The lowest BCUT2D eigenvalue weighted by atomic mass is 9.95. The highest BCUT2D eigenvalue weighted by atomic mass is 79.9. The zero-order valence-corrected chi connectivity index (χ0v) is 18.7. The standard InChI is InChI=1S/C22H20BrClN4O2/c1-13-18(11-15-10-17(24)3-4-19(15)26-13)22(30)28-8-6-14(7-9-28)21(29)27-20-5-2-16(23)12-25-20/h2-5,10-12,14H,6-9H2,1H3,(H,25,27,29). The van der Waals surface area contributed by atoms with Gasteiger partial charge in [0.15, 0.2) is 0 Å². The first kappa shape index (κ1) is 20.8. The molecule has 1 aliphatic heterocycles. The summed E-state index contributed by atoms with van der Waals surface area (Å²) in [5, 5.41) is 4.30. The summed E-state index contributed by atoms with van der Waals surface area (Å²) < 4.78 is 0.855. The summed E-state index contributed by atoms with van der Waals surface area (Å²) in [7, 11) is 0. The molecule has 30 heavy (non-hydrogen) atoms.